The summed E-state index contributed by atoms with van der Waals surface area (Å²) in [5.41, 5.74) is 0.193. The summed E-state index contributed by atoms with van der Waals surface area (Å²) in [5, 5.41) is 11.9. The molecule has 1 unspecified atom stereocenters. The predicted molar refractivity (Wildman–Crippen MR) is 64.1 cm³/mol. The molecule has 1 atom stereocenters. The Bertz CT molecular complexity index is 348. The normalized spacial score (nSPS) is 13.6. The summed E-state index contributed by atoms with van der Waals surface area (Å²) < 4.78 is 37.0. The lowest BCUT2D eigenvalue weighted by Gasteiger charge is -2.13. The van der Waals surface area contributed by atoms with E-state index >= 15 is 0 Å². The zero-order valence-corrected chi connectivity index (χ0v) is 10.3. The summed E-state index contributed by atoms with van der Waals surface area (Å²) >= 11 is 0. The quantitative estimate of drug-likeness (QED) is 0.825. The highest BCUT2D eigenvalue weighted by molar-refractivity contribution is 5.24. The SMILES string of the molecule is CC(CCCO)NCc1ccc(C(F)(F)F)cc1. The second kappa shape index (κ2) is 6.75. The van der Waals surface area contributed by atoms with Gasteiger partial charge in [0.2, 0.25) is 0 Å². The standard InChI is InChI=1S/C13H18F3NO/c1-10(3-2-8-18)17-9-11-4-6-12(7-5-11)13(14,15)16/h4-7,10,17-18H,2-3,8-9H2,1H3. The number of nitrogens with one attached hydrogen (secondary N) is 1. The molecule has 0 radical (unpaired) electrons. The Hall–Kier alpha value is -1.07. The summed E-state index contributed by atoms with van der Waals surface area (Å²) in [6.07, 6.45) is -2.71. The maximum absolute atomic E-state index is 12.3. The van der Waals surface area contributed by atoms with Gasteiger partial charge in [-0.05, 0) is 37.5 Å². The highest BCUT2D eigenvalue weighted by Gasteiger charge is 2.29. The van der Waals surface area contributed by atoms with Crippen LogP contribution < -0.4 is 5.32 Å². The van der Waals surface area contributed by atoms with Gasteiger partial charge in [0, 0.05) is 19.2 Å². The van der Waals surface area contributed by atoms with Crippen LogP contribution in [0.25, 0.3) is 0 Å². The Labute approximate surface area is 105 Å². The maximum atomic E-state index is 12.3. The van der Waals surface area contributed by atoms with Gasteiger partial charge in [0.25, 0.3) is 0 Å². The van der Waals surface area contributed by atoms with Crippen LogP contribution in [0, 0.1) is 0 Å². The second-order valence-electron chi connectivity index (χ2n) is 4.34. The van der Waals surface area contributed by atoms with Crippen molar-refractivity contribution in [1.82, 2.24) is 5.32 Å². The third-order valence-electron chi connectivity index (χ3n) is 2.73. The molecule has 0 aliphatic rings. The third-order valence-corrected chi connectivity index (χ3v) is 2.73. The molecule has 0 heterocycles. The molecule has 0 amide bonds. The lowest BCUT2D eigenvalue weighted by molar-refractivity contribution is -0.137. The second-order valence-corrected chi connectivity index (χ2v) is 4.34. The number of hydrogen-bond donors (Lipinski definition) is 2. The van der Waals surface area contributed by atoms with E-state index in [1.807, 2.05) is 6.92 Å². The summed E-state index contributed by atoms with van der Waals surface area (Å²) in [7, 11) is 0. The van der Waals surface area contributed by atoms with Crippen LogP contribution in [0.1, 0.15) is 30.9 Å². The average molecular weight is 261 g/mol. The van der Waals surface area contributed by atoms with Crippen LogP contribution in [0.15, 0.2) is 24.3 Å². The van der Waals surface area contributed by atoms with Crippen LogP contribution in [0.3, 0.4) is 0 Å². The van der Waals surface area contributed by atoms with Crippen molar-refractivity contribution in [1.29, 1.82) is 0 Å². The number of rotatable bonds is 6. The fourth-order valence-electron chi connectivity index (χ4n) is 1.60. The number of aliphatic hydroxyl groups is 1. The van der Waals surface area contributed by atoms with E-state index < -0.39 is 11.7 Å². The highest BCUT2D eigenvalue weighted by atomic mass is 19.4. The molecule has 0 bridgehead atoms. The van der Waals surface area contributed by atoms with Crippen molar-refractivity contribution in [2.24, 2.45) is 0 Å². The fourth-order valence-corrected chi connectivity index (χ4v) is 1.60. The fraction of sp³-hybridized carbons (Fsp3) is 0.538. The average Bonchev–Trinajstić information content (AvgIpc) is 2.33. The van der Waals surface area contributed by atoms with Crippen molar-refractivity contribution in [2.75, 3.05) is 6.61 Å². The predicted octanol–water partition coefficient (Wildman–Crippen LogP) is 2.96. The van der Waals surface area contributed by atoms with E-state index in [4.69, 9.17) is 5.11 Å². The van der Waals surface area contributed by atoms with Crippen LogP contribution in [0.5, 0.6) is 0 Å². The minimum absolute atomic E-state index is 0.159. The minimum atomic E-state index is -4.28. The molecular formula is C13H18F3NO. The Balaban J connectivity index is 2.44. The molecule has 0 fully saturated rings. The molecule has 2 N–H and O–H groups in total. The molecule has 102 valence electrons. The Kier molecular flexibility index (Phi) is 5.62. The number of benzene rings is 1. The van der Waals surface area contributed by atoms with Crippen molar-refractivity contribution < 1.29 is 18.3 Å². The number of aliphatic hydroxyl groups excluding tert-OH is 1. The summed E-state index contributed by atoms with van der Waals surface area (Å²) in [6, 6.07) is 5.38. The van der Waals surface area contributed by atoms with Crippen molar-refractivity contribution in [3.8, 4) is 0 Å². The lowest BCUT2D eigenvalue weighted by Crippen LogP contribution is -2.25. The van der Waals surface area contributed by atoms with Gasteiger partial charge in [0.15, 0.2) is 0 Å². The smallest absolute Gasteiger partial charge is 0.396 e. The van der Waals surface area contributed by atoms with Gasteiger partial charge in [-0.2, -0.15) is 13.2 Å². The molecular weight excluding hydrogens is 243 g/mol. The van der Waals surface area contributed by atoms with Gasteiger partial charge < -0.3 is 10.4 Å². The van der Waals surface area contributed by atoms with Crippen LogP contribution in [-0.2, 0) is 12.7 Å². The molecule has 1 aromatic carbocycles. The molecule has 2 nitrogen and oxygen atoms in total. The molecule has 1 aromatic rings. The van der Waals surface area contributed by atoms with Gasteiger partial charge in [-0.25, -0.2) is 0 Å². The van der Waals surface area contributed by atoms with E-state index in [0.717, 1.165) is 30.5 Å². The molecule has 0 saturated carbocycles. The molecule has 0 spiro atoms. The molecule has 5 heteroatoms. The first-order valence-corrected chi connectivity index (χ1v) is 5.94. The zero-order chi connectivity index (χ0) is 13.6. The maximum Gasteiger partial charge on any atom is 0.416 e. The molecule has 0 saturated heterocycles. The van der Waals surface area contributed by atoms with Crippen molar-refractivity contribution >= 4 is 0 Å². The van der Waals surface area contributed by atoms with E-state index in [2.05, 4.69) is 5.32 Å². The van der Waals surface area contributed by atoms with E-state index in [1.165, 1.54) is 12.1 Å². The topological polar surface area (TPSA) is 32.3 Å². The zero-order valence-electron chi connectivity index (χ0n) is 10.3. The van der Waals surface area contributed by atoms with Gasteiger partial charge >= 0.3 is 6.18 Å². The minimum Gasteiger partial charge on any atom is -0.396 e. The van der Waals surface area contributed by atoms with Gasteiger partial charge in [-0.15, -0.1) is 0 Å². The van der Waals surface area contributed by atoms with Crippen LogP contribution in [-0.4, -0.2) is 17.8 Å². The first-order valence-electron chi connectivity index (χ1n) is 5.94. The summed E-state index contributed by atoms with van der Waals surface area (Å²) in [6.45, 7) is 2.68. The molecule has 18 heavy (non-hydrogen) atoms. The van der Waals surface area contributed by atoms with Gasteiger partial charge in [-0.1, -0.05) is 12.1 Å². The number of halogens is 3. The van der Waals surface area contributed by atoms with E-state index in [9.17, 15) is 13.2 Å². The number of alkyl halides is 3. The first-order chi connectivity index (χ1) is 8.43. The highest BCUT2D eigenvalue weighted by Crippen LogP contribution is 2.29. The van der Waals surface area contributed by atoms with Crippen LogP contribution >= 0.6 is 0 Å². The Morgan fingerprint density at radius 3 is 2.33 bits per heavy atom. The van der Waals surface area contributed by atoms with Crippen molar-refractivity contribution in [3.05, 3.63) is 35.4 Å². The van der Waals surface area contributed by atoms with Gasteiger partial charge in [0.1, 0.15) is 0 Å². The van der Waals surface area contributed by atoms with E-state index in [0.29, 0.717) is 6.54 Å². The van der Waals surface area contributed by atoms with Crippen molar-refractivity contribution in [2.45, 2.75) is 38.5 Å². The first kappa shape index (κ1) is 15.0. The molecule has 0 aliphatic heterocycles. The Morgan fingerprint density at radius 1 is 1.22 bits per heavy atom. The Morgan fingerprint density at radius 2 is 1.83 bits per heavy atom. The lowest BCUT2D eigenvalue weighted by atomic mass is 10.1. The molecule has 0 aliphatic carbocycles. The number of hydrogen-bond acceptors (Lipinski definition) is 2. The summed E-state index contributed by atoms with van der Waals surface area (Å²) in [4.78, 5) is 0. The largest absolute Gasteiger partial charge is 0.416 e. The molecule has 1 rings (SSSR count). The third kappa shape index (κ3) is 5.06. The van der Waals surface area contributed by atoms with Crippen LogP contribution in [0.2, 0.25) is 0 Å². The van der Waals surface area contributed by atoms with Gasteiger partial charge in [0.05, 0.1) is 5.56 Å². The van der Waals surface area contributed by atoms with E-state index in [1.54, 1.807) is 0 Å². The van der Waals surface area contributed by atoms with Crippen molar-refractivity contribution in [3.63, 3.8) is 0 Å². The monoisotopic (exact) mass is 261 g/mol. The van der Waals surface area contributed by atoms with Gasteiger partial charge in [-0.3, -0.25) is 0 Å². The van der Waals surface area contributed by atoms with Crippen LogP contribution in [0.4, 0.5) is 13.2 Å². The molecule has 0 aromatic heterocycles. The summed E-state index contributed by atoms with van der Waals surface area (Å²) in [5.74, 6) is 0. The van der Waals surface area contributed by atoms with E-state index in [-0.39, 0.29) is 12.6 Å².